The van der Waals surface area contributed by atoms with Crippen LogP contribution in [0, 0.1) is 0 Å². The number of likely N-dealkylation sites (tertiary alicyclic amines) is 1. The van der Waals surface area contributed by atoms with Crippen molar-refractivity contribution in [3.63, 3.8) is 0 Å². The summed E-state index contributed by atoms with van der Waals surface area (Å²) in [7, 11) is 1.57. The van der Waals surface area contributed by atoms with Crippen molar-refractivity contribution >= 4 is 17.0 Å². The number of aromatic nitrogens is 2. The monoisotopic (exact) mass is 627 g/mol. The van der Waals surface area contributed by atoms with Crippen molar-refractivity contribution in [2.75, 3.05) is 33.4 Å². The van der Waals surface area contributed by atoms with Crippen LogP contribution in [0.5, 0.6) is 0 Å². The largest absolute Gasteiger partial charge is 0.496 e. The van der Waals surface area contributed by atoms with E-state index in [0.717, 1.165) is 53.6 Å². The molecule has 2 fully saturated rings. The standard InChI is InChI=1S/C34H47F2N5O4/c1-8-23(37-24-17-39(18-24)33(42)45-34(4,5)6)16-29(43-7)22(3)32-25-12-13-28-27(19-41(38-28)31-11-9-10-14-44-31)26(25)15-21(2)40(32)20-30(35)36/h8,12-13,16,19,21,24,30-32,37H,3,9-11,14-15,17-18,20H2,1-2,4-7H3/b23-8+,29-16+/t21-,31?,32-/m1/s1. The van der Waals surface area contributed by atoms with Crippen LogP contribution in [0.3, 0.4) is 0 Å². The van der Waals surface area contributed by atoms with Gasteiger partial charge in [0.2, 0.25) is 0 Å². The average Bonchev–Trinajstić information content (AvgIpc) is 3.41. The number of fused-ring (bicyclic) bond motifs is 3. The highest BCUT2D eigenvalue weighted by atomic mass is 19.3. The van der Waals surface area contributed by atoms with Gasteiger partial charge in [-0.05, 0) is 77.5 Å². The lowest BCUT2D eigenvalue weighted by Gasteiger charge is -2.43. The lowest BCUT2D eigenvalue weighted by Crippen LogP contribution is -2.60. The van der Waals surface area contributed by atoms with Crippen molar-refractivity contribution in [3.8, 4) is 0 Å². The molecule has 5 rings (SSSR count). The van der Waals surface area contributed by atoms with Crippen LogP contribution in [-0.2, 0) is 20.6 Å². The summed E-state index contributed by atoms with van der Waals surface area (Å²) in [4.78, 5) is 15.9. The van der Waals surface area contributed by atoms with Gasteiger partial charge in [-0.3, -0.25) is 4.90 Å². The Labute approximate surface area is 264 Å². The minimum Gasteiger partial charge on any atom is -0.496 e. The van der Waals surface area contributed by atoms with Crippen LogP contribution < -0.4 is 5.32 Å². The minimum absolute atomic E-state index is 0.0371. The second kappa shape index (κ2) is 13.5. The van der Waals surface area contributed by atoms with Gasteiger partial charge < -0.3 is 24.4 Å². The zero-order chi connectivity index (χ0) is 32.5. The lowest BCUT2D eigenvalue weighted by atomic mass is 9.83. The van der Waals surface area contributed by atoms with Gasteiger partial charge in [-0.25, -0.2) is 18.3 Å². The van der Waals surface area contributed by atoms with E-state index < -0.39 is 18.1 Å². The summed E-state index contributed by atoms with van der Waals surface area (Å²) >= 11 is 0. The van der Waals surface area contributed by atoms with E-state index in [0.29, 0.717) is 30.8 Å². The van der Waals surface area contributed by atoms with Crippen LogP contribution in [0.4, 0.5) is 13.6 Å². The third-order valence-electron chi connectivity index (χ3n) is 8.71. The van der Waals surface area contributed by atoms with E-state index in [1.54, 1.807) is 12.0 Å². The van der Waals surface area contributed by atoms with Crippen LogP contribution in [-0.4, -0.2) is 83.1 Å². The van der Waals surface area contributed by atoms with Crippen molar-refractivity contribution < 1.29 is 27.8 Å². The van der Waals surface area contributed by atoms with Gasteiger partial charge >= 0.3 is 6.09 Å². The van der Waals surface area contributed by atoms with Gasteiger partial charge in [-0.2, -0.15) is 5.10 Å². The van der Waals surface area contributed by atoms with Gasteiger partial charge in [0.05, 0.1) is 31.3 Å². The first-order valence-corrected chi connectivity index (χ1v) is 15.9. The number of carbonyl (C=O) groups is 1. The number of ether oxygens (including phenoxy) is 3. The Morgan fingerprint density at radius 2 is 2.02 bits per heavy atom. The molecular weight excluding hydrogens is 580 g/mol. The first-order valence-electron chi connectivity index (χ1n) is 15.9. The van der Waals surface area contributed by atoms with Crippen molar-refractivity contribution in [1.29, 1.82) is 0 Å². The summed E-state index contributed by atoms with van der Waals surface area (Å²) in [5.41, 5.74) is 3.72. The maximum absolute atomic E-state index is 14.0. The summed E-state index contributed by atoms with van der Waals surface area (Å²) in [6.45, 7) is 15.2. The van der Waals surface area contributed by atoms with Gasteiger partial charge in [-0.15, -0.1) is 0 Å². The topological polar surface area (TPSA) is 81.1 Å². The predicted octanol–water partition coefficient (Wildman–Crippen LogP) is 6.49. The quantitative estimate of drug-likeness (QED) is 0.252. The number of hydrogen-bond acceptors (Lipinski definition) is 7. The maximum atomic E-state index is 14.0. The summed E-state index contributed by atoms with van der Waals surface area (Å²) in [5, 5.41) is 9.31. The van der Waals surface area contributed by atoms with Crippen LogP contribution in [0.1, 0.15) is 77.3 Å². The van der Waals surface area contributed by atoms with Crippen molar-refractivity contribution in [1.82, 2.24) is 24.9 Å². The normalized spacial score (nSPS) is 23.6. The Balaban J connectivity index is 1.40. The molecule has 45 heavy (non-hydrogen) atoms. The minimum atomic E-state index is -2.51. The molecule has 2 saturated heterocycles. The number of allylic oxidation sites excluding steroid dienone is 2. The van der Waals surface area contributed by atoms with Crippen molar-refractivity contribution in [2.24, 2.45) is 0 Å². The molecule has 3 aliphatic rings. The van der Waals surface area contributed by atoms with E-state index in [1.165, 1.54) is 0 Å². The van der Waals surface area contributed by atoms with Gasteiger partial charge in [0.25, 0.3) is 6.43 Å². The number of benzene rings is 1. The molecule has 0 aliphatic carbocycles. The van der Waals surface area contributed by atoms with Gasteiger partial charge in [0.15, 0.2) is 0 Å². The Hall–Kier alpha value is -3.44. The molecule has 0 radical (unpaired) electrons. The van der Waals surface area contributed by atoms with E-state index in [4.69, 9.17) is 19.3 Å². The molecule has 9 nitrogen and oxygen atoms in total. The fourth-order valence-corrected chi connectivity index (χ4v) is 6.48. The molecule has 0 spiro atoms. The molecule has 11 heteroatoms. The highest BCUT2D eigenvalue weighted by Crippen LogP contribution is 2.43. The van der Waals surface area contributed by atoms with E-state index in [2.05, 4.69) is 11.9 Å². The van der Waals surface area contributed by atoms with Gasteiger partial charge in [-0.1, -0.05) is 18.7 Å². The molecule has 0 bridgehead atoms. The van der Waals surface area contributed by atoms with Crippen molar-refractivity contribution in [2.45, 2.75) is 96.7 Å². The maximum Gasteiger partial charge on any atom is 0.410 e. The van der Waals surface area contributed by atoms with E-state index in [9.17, 15) is 13.6 Å². The van der Waals surface area contributed by atoms with Crippen LogP contribution in [0.25, 0.3) is 10.9 Å². The molecule has 1 N–H and O–H groups in total. The smallest absolute Gasteiger partial charge is 0.410 e. The molecule has 1 aromatic carbocycles. The number of carbonyl (C=O) groups excluding carboxylic acids is 1. The Kier molecular flexibility index (Phi) is 9.88. The number of methoxy groups -OCH3 is 1. The molecule has 0 saturated carbocycles. The average molecular weight is 628 g/mol. The first-order chi connectivity index (χ1) is 21.4. The molecule has 3 atom stereocenters. The molecule has 4 heterocycles. The number of nitrogens with one attached hydrogen (secondary N) is 1. The summed E-state index contributed by atoms with van der Waals surface area (Å²) in [6, 6.07) is 3.31. The fourth-order valence-electron chi connectivity index (χ4n) is 6.48. The van der Waals surface area contributed by atoms with Gasteiger partial charge in [0.1, 0.15) is 17.6 Å². The van der Waals surface area contributed by atoms with E-state index in [-0.39, 0.29) is 30.9 Å². The molecule has 1 unspecified atom stereocenters. The third-order valence-corrected chi connectivity index (χ3v) is 8.71. The second-order valence-electron chi connectivity index (χ2n) is 13.2. The summed E-state index contributed by atoms with van der Waals surface area (Å²) < 4.78 is 47.2. The molecule has 1 amide bonds. The SMILES string of the molecule is C=C(/C(=C\C(=C/C)NC1CN(C(=O)OC(C)(C)C)C1)OC)[C@@H]1c2ccc3nn(C4CCCCO4)cc3c2C[C@@H](C)N1CC(F)F. The summed E-state index contributed by atoms with van der Waals surface area (Å²) in [5.74, 6) is 0.495. The number of amides is 1. The number of hydrogen-bond donors (Lipinski definition) is 1. The van der Waals surface area contributed by atoms with Crippen LogP contribution in [0.15, 0.2) is 54.1 Å². The van der Waals surface area contributed by atoms with Crippen LogP contribution >= 0.6 is 0 Å². The Morgan fingerprint density at radius 3 is 2.64 bits per heavy atom. The zero-order valence-corrected chi connectivity index (χ0v) is 27.3. The summed E-state index contributed by atoms with van der Waals surface area (Å²) in [6.07, 6.45) is 6.57. The zero-order valence-electron chi connectivity index (χ0n) is 27.3. The second-order valence-corrected chi connectivity index (χ2v) is 13.2. The lowest BCUT2D eigenvalue weighted by molar-refractivity contribution is -0.0390. The van der Waals surface area contributed by atoms with E-state index >= 15 is 0 Å². The number of halogens is 2. The van der Waals surface area contributed by atoms with Gasteiger partial charge in [0, 0.05) is 54.7 Å². The Morgan fingerprint density at radius 1 is 1.27 bits per heavy atom. The highest BCUT2D eigenvalue weighted by molar-refractivity contribution is 5.84. The highest BCUT2D eigenvalue weighted by Gasteiger charge is 2.38. The van der Waals surface area contributed by atoms with Crippen molar-refractivity contribution in [3.05, 3.63) is 65.2 Å². The Bertz CT molecular complexity index is 1450. The van der Waals surface area contributed by atoms with E-state index in [1.807, 2.05) is 74.7 Å². The molecule has 1 aromatic heterocycles. The molecular formula is C34H47F2N5O4. The predicted molar refractivity (Wildman–Crippen MR) is 170 cm³/mol. The molecule has 3 aliphatic heterocycles. The fraction of sp³-hybridized carbons (Fsp3) is 0.588. The number of alkyl halides is 2. The molecule has 246 valence electrons. The van der Waals surface area contributed by atoms with Crippen LogP contribution in [0.2, 0.25) is 0 Å². The number of nitrogens with zero attached hydrogens (tertiary/aromatic N) is 4. The molecule has 2 aromatic rings. The third kappa shape index (κ3) is 7.35. The first kappa shape index (κ1) is 32.9. The number of rotatable bonds is 9.